The van der Waals surface area contributed by atoms with E-state index in [2.05, 4.69) is 10.7 Å². The van der Waals surface area contributed by atoms with Gasteiger partial charge in [0, 0.05) is 12.1 Å². The van der Waals surface area contributed by atoms with E-state index in [-0.39, 0.29) is 23.6 Å². The first-order chi connectivity index (χ1) is 16.8. The number of amides is 3. The van der Waals surface area contributed by atoms with Gasteiger partial charge in [-0.05, 0) is 42.8 Å². The number of esters is 2. The van der Waals surface area contributed by atoms with Gasteiger partial charge >= 0.3 is 11.9 Å². The van der Waals surface area contributed by atoms with Crippen LogP contribution < -0.4 is 10.7 Å². The van der Waals surface area contributed by atoms with Gasteiger partial charge in [-0.2, -0.15) is 0 Å². The summed E-state index contributed by atoms with van der Waals surface area (Å²) in [5.74, 6) is -3.67. The number of carbonyl (C=O) groups excluding carboxylic acids is 5. The van der Waals surface area contributed by atoms with Crippen LogP contribution in [0.25, 0.3) is 0 Å². The van der Waals surface area contributed by atoms with E-state index in [1.807, 2.05) is 6.92 Å². The Balaban J connectivity index is 1.45. The second-order valence-corrected chi connectivity index (χ2v) is 8.10. The van der Waals surface area contributed by atoms with Crippen molar-refractivity contribution < 1.29 is 33.4 Å². The van der Waals surface area contributed by atoms with Crippen LogP contribution in [-0.4, -0.2) is 54.4 Å². The number of anilines is 1. The number of rotatable bonds is 9. The van der Waals surface area contributed by atoms with Crippen molar-refractivity contribution in [1.29, 1.82) is 0 Å². The van der Waals surface area contributed by atoms with Gasteiger partial charge in [-0.15, -0.1) is 0 Å². The number of hydrogen-bond donors (Lipinski definition) is 2. The Hall–Kier alpha value is -3.92. The third kappa shape index (κ3) is 7.03. The topological polar surface area (TPSA) is 131 Å². The van der Waals surface area contributed by atoms with Crippen molar-refractivity contribution in [3.63, 3.8) is 0 Å². The molecule has 35 heavy (non-hydrogen) atoms. The van der Waals surface area contributed by atoms with Gasteiger partial charge in [0.15, 0.2) is 6.61 Å². The van der Waals surface area contributed by atoms with Crippen LogP contribution in [0.3, 0.4) is 0 Å². The summed E-state index contributed by atoms with van der Waals surface area (Å²) in [5, 5.41) is 3.81. The molecule has 2 aromatic carbocycles. The first kappa shape index (κ1) is 25.7. The second kappa shape index (κ2) is 12.0. The van der Waals surface area contributed by atoms with Crippen LogP contribution in [0.2, 0.25) is 5.02 Å². The maximum atomic E-state index is 12.4. The summed E-state index contributed by atoms with van der Waals surface area (Å²) >= 11 is 5.99. The van der Waals surface area contributed by atoms with E-state index in [9.17, 15) is 24.0 Å². The highest BCUT2D eigenvalue weighted by molar-refractivity contribution is 6.33. The predicted octanol–water partition coefficient (Wildman–Crippen LogP) is 2.58. The number of hydrogen-bond acceptors (Lipinski definition) is 7. The van der Waals surface area contributed by atoms with Gasteiger partial charge in [0.2, 0.25) is 5.91 Å². The van der Waals surface area contributed by atoms with Crippen LogP contribution in [0, 0.1) is 5.92 Å². The van der Waals surface area contributed by atoms with Crippen LogP contribution in [0.4, 0.5) is 5.69 Å². The first-order valence-electron chi connectivity index (χ1n) is 10.9. The van der Waals surface area contributed by atoms with Crippen molar-refractivity contribution in [1.82, 2.24) is 10.4 Å². The number of hydrazine groups is 1. The van der Waals surface area contributed by atoms with Crippen LogP contribution in [0.15, 0.2) is 48.5 Å². The fraction of sp³-hybridized carbons (Fsp3) is 0.292. The molecule has 0 radical (unpaired) electrons. The standard InChI is InChI=1S/C24H24ClN3O7/c1-2-11-34-23(32)15-7-9-17(10-8-15)26-20(29)14-35-24(33)16-12-21(30)28(13-16)27-22(31)18-5-3-4-6-19(18)25/h3-10,16H,2,11-14H2,1H3,(H,26,29)(H,27,31)/t16-/m1/s1. The predicted molar refractivity (Wildman–Crippen MR) is 125 cm³/mol. The monoisotopic (exact) mass is 501 g/mol. The lowest BCUT2D eigenvalue weighted by Gasteiger charge is -2.18. The Morgan fingerprint density at radius 1 is 1.06 bits per heavy atom. The summed E-state index contributed by atoms with van der Waals surface area (Å²) in [4.78, 5) is 60.8. The van der Waals surface area contributed by atoms with Crippen LogP contribution >= 0.6 is 11.6 Å². The molecule has 3 amide bonds. The van der Waals surface area contributed by atoms with Crippen LogP contribution in [0.5, 0.6) is 0 Å². The molecule has 1 fully saturated rings. The summed E-state index contributed by atoms with van der Waals surface area (Å²) in [5.41, 5.74) is 3.37. The number of halogens is 1. The zero-order valence-electron chi connectivity index (χ0n) is 18.9. The molecule has 1 atom stereocenters. The normalized spacial score (nSPS) is 14.9. The zero-order chi connectivity index (χ0) is 25.4. The molecule has 0 saturated carbocycles. The van der Waals surface area contributed by atoms with Crippen molar-refractivity contribution in [2.45, 2.75) is 19.8 Å². The molecular weight excluding hydrogens is 478 g/mol. The van der Waals surface area contributed by atoms with Gasteiger partial charge in [0.05, 0.1) is 35.2 Å². The molecule has 0 spiro atoms. The van der Waals surface area contributed by atoms with E-state index in [4.69, 9.17) is 21.1 Å². The molecule has 0 unspecified atom stereocenters. The van der Waals surface area contributed by atoms with Gasteiger partial charge in [0.25, 0.3) is 11.8 Å². The molecule has 1 aliphatic heterocycles. The lowest BCUT2D eigenvalue weighted by atomic mass is 10.1. The Morgan fingerprint density at radius 3 is 2.46 bits per heavy atom. The maximum absolute atomic E-state index is 12.4. The Morgan fingerprint density at radius 2 is 1.77 bits per heavy atom. The van der Waals surface area contributed by atoms with Crippen LogP contribution in [-0.2, 0) is 23.9 Å². The lowest BCUT2D eigenvalue weighted by molar-refractivity contribution is -0.151. The molecule has 2 N–H and O–H groups in total. The molecule has 0 aromatic heterocycles. The van der Waals surface area contributed by atoms with Crippen LogP contribution in [0.1, 0.15) is 40.5 Å². The van der Waals surface area contributed by atoms with Gasteiger partial charge in [0.1, 0.15) is 0 Å². The minimum atomic E-state index is -0.838. The van der Waals surface area contributed by atoms with E-state index < -0.39 is 42.2 Å². The molecule has 3 rings (SSSR count). The number of ether oxygens (including phenoxy) is 2. The van der Waals surface area contributed by atoms with Crippen molar-refractivity contribution in [2.75, 3.05) is 25.1 Å². The molecular formula is C24H24ClN3O7. The highest BCUT2D eigenvalue weighted by Gasteiger charge is 2.37. The summed E-state index contributed by atoms with van der Waals surface area (Å²) in [7, 11) is 0. The highest BCUT2D eigenvalue weighted by atomic mass is 35.5. The van der Waals surface area contributed by atoms with Gasteiger partial charge in [-0.3, -0.25) is 29.6 Å². The van der Waals surface area contributed by atoms with E-state index in [0.29, 0.717) is 24.3 Å². The molecule has 1 heterocycles. The average molecular weight is 502 g/mol. The summed E-state index contributed by atoms with van der Waals surface area (Å²) in [6.07, 6.45) is 0.543. The molecule has 1 aliphatic rings. The van der Waals surface area contributed by atoms with Crippen molar-refractivity contribution in [3.05, 3.63) is 64.7 Å². The molecule has 2 aromatic rings. The molecule has 1 saturated heterocycles. The largest absolute Gasteiger partial charge is 0.462 e. The van der Waals surface area contributed by atoms with E-state index in [1.54, 1.807) is 18.2 Å². The van der Waals surface area contributed by atoms with Crippen molar-refractivity contribution in [2.24, 2.45) is 5.92 Å². The summed E-state index contributed by atoms with van der Waals surface area (Å²) in [6, 6.07) is 12.4. The third-order valence-corrected chi connectivity index (χ3v) is 5.33. The fourth-order valence-corrected chi connectivity index (χ4v) is 3.44. The highest BCUT2D eigenvalue weighted by Crippen LogP contribution is 2.20. The first-order valence-corrected chi connectivity index (χ1v) is 11.3. The summed E-state index contributed by atoms with van der Waals surface area (Å²) < 4.78 is 10.1. The third-order valence-electron chi connectivity index (χ3n) is 5.00. The minimum Gasteiger partial charge on any atom is -0.462 e. The molecule has 0 aliphatic carbocycles. The van der Waals surface area contributed by atoms with Gasteiger partial charge < -0.3 is 14.8 Å². The lowest BCUT2D eigenvalue weighted by Crippen LogP contribution is -2.43. The fourth-order valence-electron chi connectivity index (χ4n) is 3.22. The molecule has 11 heteroatoms. The number of carbonyl (C=O) groups is 5. The second-order valence-electron chi connectivity index (χ2n) is 7.70. The molecule has 10 nitrogen and oxygen atoms in total. The number of nitrogens with zero attached hydrogens (tertiary/aromatic N) is 1. The van der Waals surface area contributed by atoms with Gasteiger partial charge in [-0.1, -0.05) is 30.7 Å². The Kier molecular flexibility index (Phi) is 8.80. The smallest absolute Gasteiger partial charge is 0.338 e. The zero-order valence-corrected chi connectivity index (χ0v) is 19.7. The van der Waals surface area contributed by atoms with Gasteiger partial charge in [-0.25, -0.2) is 4.79 Å². The Bertz CT molecular complexity index is 1120. The molecule has 184 valence electrons. The van der Waals surface area contributed by atoms with Crippen molar-refractivity contribution >= 4 is 46.9 Å². The minimum absolute atomic E-state index is 0.0922. The summed E-state index contributed by atoms with van der Waals surface area (Å²) in [6.45, 7) is 1.56. The average Bonchev–Trinajstić information content (AvgIpc) is 3.21. The number of benzene rings is 2. The van der Waals surface area contributed by atoms with E-state index in [0.717, 1.165) is 5.01 Å². The SMILES string of the molecule is CCCOC(=O)c1ccc(NC(=O)COC(=O)[C@@H]2CC(=O)N(NC(=O)c3ccccc3Cl)C2)cc1. The van der Waals surface area contributed by atoms with E-state index >= 15 is 0 Å². The maximum Gasteiger partial charge on any atom is 0.338 e. The van der Waals surface area contributed by atoms with Crippen molar-refractivity contribution in [3.8, 4) is 0 Å². The molecule has 0 bridgehead atoms. The number of nitrogens with one attached hydrogen (secondary N) is 2. The van der Waals surface area contributed by atoms with E-state index in [1.165, 1.54) is 30.3 Å². The quantitative estimate of drug-likeness (QED) is 0.505. The Labute approximate surface area is 206 Å².